The topological polar surface area (TPSA) is 58.5 Å². The van der Waals surface area contributed by atoms with Crippen LogP contribution in [0.5, 0.6) is 0 Å². The van der Waals surface area contributed by atoms with Crippen molar-refractivity contribution in [2.75, 3.05) is 12.3 Å². The van der Waals surface area contributed by atoms with Crippen molar-refractivity contribution in [3.63, 3.8) is 0 Å². The Labute approximate surface area is 171 Å². The molecule has 0 N–H and O–H groups in total. The van der Waals surface area contributed by atoms with E-state index in [1.54, 1.807) is 22.7 Å². The zero-order valence-corrected chi connectivity index (χ0v) is 17.1. The highest BCUT2D eigenvalue weighted by atomic mass is 32.2. The number of aryl methyl sites for hydroxylation is 2. The lowest BCUT2D eigenvalue weighted by atomic mass is 9.97. The molecule has 0 unspecified atom stereocenters. The number of hydrogen-bond acceptors (Lipinski definition) is 6. The van der Waals surface area contributed by atoms with E-state index in [-0.39, 0.29) is 5.91 Å². The Bertz CT molecular complexity index is 1060. The van der Waals surface area contributed by atoms with E-state index in [0.717, 1.165) is 40.4 Å². The standard InChI is InChI=1S/C21H20N4OS2/c26-18(25-11-10-16(24-25)14-6-2-1-3-7-14)12-27-20-19-15-8-4-5-9-17(15)28-21(19)23-13-22-20/h1-3,6-7,13H,4-5,8-12H2. The lowest BCUT2D eigenvalue weighted by molar-refractivity contribution is -0.127. The molecule has 3 aromatic rings. The number of fused-ring (bicyclic) bond motifs is 3. The molecular formula is C21H20N4OS2. The van der Waals surface area contributed by atoms with Gasteiger partial charge in [-0.2, -0.15) is 5.10 Å². The van der Waals surface area contributed by atoms with Crippen LogP contribution in [0.25, 0.3) is 10.2 Å². The second-order valence-corrected chi connectivity index (χ2v) is 9.09. The minimum atomic E-state index is 0.0341. The number of thiophene rings is 1. The zero-order chi connectivity index (χ0) is 18.9. The highest BCUT2D eigenvalue weighted by Crippen LogP contribution is 2.39. The molecule has 0 spiro atoms. The molecule has 1 aromatic carbocycles. The van der Waals surface area contributed by atoms with Gasteiger partial charge in [-0.05, 0) is 36.8 Å². The van der Waals surface area contributed by atoms with Gasteiger partial charge in [0.1, 0.15) is 16.2 Å². The highest BCUT2D eigenvalue weighted by molar-refractivity contribution is 8.00. The zero-order valence-electron chi connectivity index (χ0n) is 15.4. The van der Waals surface area contributed by atoms with E-state index < -0.39 is 0 Å². The molecule has 1 aliphatic carbocycles. The molecule has 142 valence electrons. The van der Waals surface area contributed by atoms with Gasteiger partial charge in [0.05, 0.1) is 18.0 Å². The van der Waals surface area contributed by atoms with Crippen molar-refractivity contribution in [1.82, 2.24) is 15.0 Å². The predicted molar refractivity (Wildman–Crippen MR) is 114 cm³/mol. The summed E-state index contributed by atoms with van der Waals surface area (Å²) in [5.74, 6) is 0.384. The van der Waals surface area contributed by atoms with E-state index >= 15 is 0 Å². The van der Waals surface area contributed by atoms with E-state index in [1.165, 1.54) is 40.4 Å². The minimum absolute atomic E-state index is 0.0341. The molecule has 0 atom stereocenters. The molecule has 2 aromatic heterocycles. The van der Waals surface area contributed by atoms with Gasteiger partial charge in [-0.3, -0.25) is 4.79 Å². The fourth-order valence-electron chi connectivity index (χ4n) is 3.85. The number of benzene rings is 1. The van der Waals surface area contributed by atoms with Crippen LogP contribution in [-0.2, 0) is 17.6 Å². The fraction of sp³-hybridized carbons (Fsp3) is 0.333. The van der Waals surface area contributed by atoms with Gasteiger partial charge in [-0.25, -0.2) is 15.0 Å². The molecular weight excluding hydrogens is 388 g/mol. The van der Waals surface area contributed by atoms with Gasteiger partial charge in [-0.15, -0.1) is 11.3 Å². The summed E-state index contributed by atoms with van der Waals surface area (Å²) in [5.41, 5.74) is 3.48. The number of rotatable bonds is 4. The van der Waals surface area contributed by atoms with Gasteiger partial charge in [0.2, 0.25) is 0 Å². The summed E-state index contributed by atoms with van der Waals surface area (Å²) >= 11 is 3.30. The molecule has 1 amide bonds. The molecule has 2 aliphatic rings. The molecule has 0 radical (unpaired) electrons. The smallest absolute Gasteiger partial charge is 0.253 e. The number of hydrogen-bond donors (Lipinski definition) is 0. The Hall–Kier alpha value is -2.25. The van der Waals surface area contributed by atoms with E-state index in [2.05, 4.69) is 15.1 Å². The van der Waals surface area contributed by atoms with Crippen molar-refractivity contribution >= 4 is 44.9 Å². The Kier molecular flexibility index (Phi) is 4.86. The number of thioether (sulfide) groups is 1. The summed E-state index contributed by atoms with van der Waals surface area (Å²) in [6, 6.07) is 10.1. The van der Waals surface area contributed by atoms with Crippen LogP contribution in [0.1, 0.15) is 35.3 Å². The maximum Gasteiger partial charge on any atom is 0.253 e. The first-order valence-corrected chi connectivity index (χ1v) is 11.4. The van der Waals surface area contributed by atoms with Gasteiger partial charge < -0.3 is 0 Å². The summed E-state index contributed by atoms with van der Waals surface area (Å²) in [7, 11) is 0. The van der Waals surface area contributed by atoms with Crippen LogP contribution in [0, 0.1) is 0 Å². The van der Waals surface area contributed by atoms with Gasteiger partial charge in [0.15, 0.2) is 0 Å². The van der Waals surface area contributed by atoms with E-state index in [0.29, 0.717) is 12.3 Å². The predicted octanol–water partition coefficient (Wildman–Crippen LogP) is 4.30. The Morgan fingerprint density at radius 2 is 1.96 bits per heavy atom. The summed E-state index contributed by atoms with van der Waals surface area (Å²) in [6.45, 7) is 0.649. The normalized spacial score (nSPS) is 16.3. The third-order valence-corrected chi connectivity index (χ3v) is 7.42. The Morgan fingerprint density at radius 1 is 1.11 bits per heavy atom. The van der Waals surface area contributed by atoms with Crippen LogP contribution in [-0.4, -0.2) is 38.9 Å². The number of carbonyl (C=O) groups is 1. The second kappa shape index (κ2) is 7.64. The van der Waals surface area contributed by atoms with Crippen molar-refractivity contribution in [2.24, 2.45) is 5.10 Å². The van der Waals surface area contributed by atoms with Crippen molar-refractivity contribution in [2.45, 2.75) is 37.1 Å². The molecule has 0 saturated carbocycles. The molecule has 28 heavy (non-hydrogen) atoms. The first-order valence-electron chi connectivity index (χ1n) is 9.61. The molecule has 5 nitrogen and oxygen atoms in total. The minimum Gasteiger partial charge on any atom is -0.272 e. The number of aromatic nitrogens is 2. The van der Waals surface area contributed by atoms with Crippen LogP contribution < -0.4 is 0 Å². The van der Waals surface area contributed by atoms with Gasteiger partial charge in [-0.1, -0.05) is 42.1 Å². The maximum atomic E-state index is 12.7. The first-order chi connectivity index (χ1) is 13.8. The van der Waals surface area contributed by atoms with Crippen LogP contribution in [0.2, 0.25) is 0 Å². The van der Waals surface area contributed by atoms with Crippen molar-refractivity contribution < 1.29 is 4.79 Å². The largest absolute Gasteiger partial charge is 0.272 e. The van der Waals surface area contributed by atoms with Gasteiger partial charge in [0.25, 0.3) is 5.91 Å². The van der Waals surface area contributed by atoms with Crippen molar-refractivity contribution in [3.05, 3.63) is 52.7 Å². The van der Waals surface area contributed by atoms with Crippen LogP contribution in [0.4, 0.5) is 0 Å². The summed E-state index contributed by atoms with van der Waals surface area (Å²) in [5, 5.41) is 8.27. The molecule has 7 heteroatoms. The third-order valence-electron chi connectivity index (χ3n) is 5.25. The molecule has 3 heterocycles. The van der Waals surface area contributed by atoms with Crippen molar-refractivity contribution in [3.8, 4) is 0 Å². The van der Waals surface area contributed by atoms with E-state index in [9.17, 15) is 4.79 Å². The monoisotopic (exact) mass is 408 g/mol. The highest BCUT2D eigenvalue weighted by Gasteiger charge is 2.24. The number of hydrazone groups is 1. The van der Waals surface area contributed by atoms with Crippen LogP contribution in [0.3, 0.4) is 0 Å². The summed E-state index contributed by atoms with van der Waals surface area (Å²) in [6.07, 6.45) is 7.15. The van der Waals surface area contributed by atoms with Gasteiger partial charge in [0, 0.05) is 16.7 Å². The summed E-state index contributed by atoms with van der Waals surface area (Å²) in [4.78, 5) is 24.2. The van der Waals surface area contributed by atoms with Crippen LogP contribution >= 0.6 is 23.1 Å². The maximum absolute atomic E-state index is 12.7. The van der Waals surface area contributed by atoms with Crippen LogP contribution in [0.15, 0.2) is 46.8 Å². The Morgan fingerprint density at radius 3 is 2.86 bits per heavy atom. The van der Waals surface area contributed by atoms with Gasteiger partial charge >= 0.3 is 0 Å². The van der Waals surface area contributed by atoms with E-state index in [1.807, 2.05) is 30.3 Å². The van der Waals surface area contributed by atoms with Crippen molar-refractivity contribution in [1.29, 1.82) is 0 Å². The average Bonchev–Trinajstić information content (AvgIpc) is 3.38. The third kappa shape index (κ3) is 3.33. The quantitative estimate of drug-likeness (QED) is 0.477. The SMILES string of the molecule is O=C(CSc1ncnc2sc3c(c12)CCCC3)N1CCC(c2ccccc2)=N1. The summed E-state index contributed by atoms with van der Waals surface area (Å²) < 4.78 is 0. The second-order valence-electron chi connectivity index (χ2n) is 7.04. The molecule has 5 rings (SSSR count). The molecule has 0 fully saturated rings. The lowest BCUT2D eigenvalue weighted by Crippen LogP contribution is -2.25. The number of carbonyl (C=O) groups excluding carboxylic acids is 1. The molecule has 1 aliphatic heterocycles. The average molecular weight is 409 g/mol. The number of nitrogens with zero attached hydrogens (tertiary/aromatic N) is 4. The lowest BCUT2D eigenvalue weighted by Gasteiger charge is -2.12. The number of amides is 1. The Balaban J connectivity index is 1.32. The molecule has 0 saturated heterocycles. The molecule has 0 bridgehead atoms. The first kappa shape index (κ1) is 17.8. The van der Waals surface area contributed by atoms with E-state index in [4.69, 9.17) is 0 Å². The fourth-order valence-corrected chi connectivity index (χ4v) is 6.03.